The lowest BCUT2D eigenvalue weighted by Gasteiger charge is -2.23. The van der Waals surface area contributed by atoms with Gasteiger partial charge in [0.15, 0.2) is 0 Å². The fourth-order valence-electron chi connectivity index (χ4n) is 1.78. The number of halogens is 1. The first-order valence-corrected chi connectivity index (χ1v) is 6.84. The van der Waals surface area contributed by atoms with Crippen LogP contribution in [0.25, 0.3) is 0 Å². The van der Waals surface area contributed by atoms with Gasteiger partial charge in [0, 0.05) is 12.7 Å². The van der Waals surface area contributed by atoms with Crippen LogP contribution in [-0.2, 0) is 16.9 Å². The maximum Gasteiger partial charge on any atom is 0.307 e. The first kappa shape index (κ1) is 16.0. The third kappa shape index (κ3) is 3.42. The van der Waals surface area contributed by atoms with Gasteiger partial charge in [0.25, 0.3) is 0 Å². The lowest BCUT2D eigenvalue weighted by atomic mass is 10.1. The van der Waals surface area contributed by atoms with Crippen molar-refractivity contribution in [2.45, 2.75) is 25.9 Å². The summed E-state index contributed by atoms with van der Waals surface area (Å²) in [5.74, 6) is -0.302. The molecule has 0 aliphatic carbocycles. The quantitative estimate of drug-likeness (QED) is 0.633. The molecular weight excluding hydrogens is 312 g/mol. The van der Waals surface area contributed by atoms with Crippen LogP contribution in [0.5, 0.6) is 0 Å². The summed E-state index contributed by atoms with van der Waals surface area (Å²) >= 11 is 5.75. The molecule has 0 unspecified atom stereocenters. The van der Waals surface area contributed by atoms with E-state index in [2.05, 4.69) is 15.5 Å². The zero-order valence-electron chi connectivity index (χ0n) is 12.1. The highest BCUT2D eigenvalue weighted by Gasteiger charge is 2.31. The van der Waals surface area contributed by atoms with Crippen LogP contribution in [0.2, 0.25) is 5.02 Å². The van der Waals surface area contributed by atoms with Gasteiger partial charge in [0.1, 0.15) is 17.9 Å². The van der Waals surface area contributed by atoms with Gasteiger partial charge in [0.2, 0.25) is 5.91 Å². The SMILES string of the molecule is CC(C)(C(=O)NCCn1cc(Cl)cn1)n1cc([N+](=O)[O-])cn1. The van der Waals surface area contributed by atoms with Crippen LogP contribution in [-0.4, -0.2) is 36.9 Å². The molecule has 2 aromatic rings. The Morgan fingerprint density at radius 2 is 2.14 bits per heavy atom. The number of nitrogens with zero attached hydrogens (tertiary/aromatic N) is 5. The Bertz CT molecular complexity index is 693. The standard InChI is InChI=1S/C12H15ClN6O3/c1-12(2,18-8-10(6-16-18)19(21)22)11(20)14-3-4-17-7-9(13)5-15-17/h5-8H,3-4H2,1-2H3,(H,14,20). The molecule has 0 aliphatic heterocycles. The minimum Gasteiger partial charge on any atom is -0.352 e. The Kier molecular flexibility index (Phi) is 4.45. The van der Waals surface area contributed by atoms with Crippen molar-refractivity contribution in [2.75, 3.05) is 6.54 Å². The van der Waals surface area contributed by atoms with Crippen LogP contribution < -0.4 is 5.32 Å². The summed E-state index contributed by atoms with van der Waals surface area (Å²) in [6, 6.07) is 0. The molecule has 0 spiro atoms. The second kappa shape index (κ2) is 6.14. The van der Waals surface area contributed by atoms with E-state index in [1.54, 1.807) is 24.7 Å². The predicted molar refractivity (Wildman–Crippen MR) is 78.5 cm³/mol. The van der Waals surface area contributed by atoms with Crippen LogP contribution >= 0.6 is 11.6 Å². The molecule has 118 valence electrons. The Balaban J connectivity index is 1.95. The zero-order valence-corrected chi connectivity index (χ0v) is 12.8. The fourth-order valence-corrected chi connectivity index (χ4v) is 1.93. The van der Waals surface area contributed by atoms with E-state index in [0.29, 0.717) is 18.1 Å². The lowest BCUT2D eigenvalue weighted by molar-refractivity contribution is -0.385. The van der Waals surface area contributed by atoms with E-state index in [0.717, 1.165) is 6.20 Å². The molecule has 1 amide bonds. The molecule has 2 rings (SSSR count). The second-order valence-electron chi connectivity index (χ2n) is 5.14. The Labute approximate surface area is 131 Å². The summed E-state index contributed by atoms with van der Waals surface area (Å²) in [7, 11) is 0. The van der Waals surface area contributed by atoms with Crippen molar-refractivity contribution in [3.63, 3.8) is 0 Å². The second-order valence-corrected chi connectivity index (χ2v) is 5.57. The van der Waals surface area contributed by atoms with Crippen LogP contribution in [0, 0.1) is 10.1 Å². The van der Waals surface area contributed by atoms with Crippen LogP contribution in [0.1, 0.15) is 13.8 Å². The van der Waals surface area contributed by atoms with Crippen molar-refractivity contribution in [3.8, 4) is 0 Å². The van der Waals surface area contributed by atoms with E-state index in [1.807, 2.05) is 0 Å². The van der Waals surface area contributed by atoms with Crippen molar-refractivity contribution in [2.24, 2.45) is 0 Å². The Hall–Kier alpha value is -2.42. The van der Waals surface area contributed by atoms with Crippen LogP contribution in [0.3, 0.4) is 0 Å². The van der Waals surface area contributed by atoms with E-state index in [4.69, 9.17) is 11.6 Å². The molecule has 9 nitrogen and oxygen atoms in total. The Morgan fingerprint density at radius 1 is 1.41 bits per heavy atom. The van der Waals surface area contributed by atoms with Crippen molar-refractivity contribution in [3.05, 3.63) is 39.9 Å². The predicted octanol–water partition coefficient (Wildman–Crippen LogP) is 1.19. The average Bonchev–Trinajstić information content (AvgIpc) is 3.08. The van der Waals surface area contributed by atoms with Crippen LogP contribution in [0.4, 0.5) is 5.69 Å². The average molecular weight is 327 g/mol. The van der Waals surface area contributed by atoms with E-state index in [9.17, 15) is 14.9 Å². The smallest absolute Gasteiger partial charge is 0.307 e. The van der Waals surface area contributed by atoms with Crippen molar-refractivity contribution < 1.29 is 9.72 Å². The number of amides is 1. The van der Waals surface area contributed by atoms with Crippen molar-refractivity contribution >= 4 is 23.2 Å². The first-order valence-electron chi connectivity index (χ1n) is 6.46. The van der Waals surface area contributed by atoms with Crippen molar-refractivity contribution in [1.82, 2.24) is 24.9 Å². The van der Waals surface area contributed by atoms with Gasteiger partial charge in [-0.3, -0.25) is 24.3 Å². The summed E-state index contributed by atoms with van der Waals surface area (Å²) in [5.41, 5.74) is -1.21. The van der Waals surface area contributed by atoms with Crippen LogP contribution in [0.15, 0.2) is 24.8 Å². The number of nitro groups is 1. The largest absolute Gasteiger partial charge is 0.352 e. The number of carbonyl (C=O) groups is 1. The molecule has 0 saturated heterocycles. The summed E-state index contributed by atoms with van der Waals surface area (Å²) < 4.78 is 2.87. The number of rotatable bonds is 6. The van der Waals surface area contributed by atoms with Gasteiger partial charge in [0.05, 0.1) is 22.7 Å². The van der Waals surface area contributed by atoms with Gasteiger partial charge < -0.3 is 5.32 Å². The number of hydrogen-bond donors (Lipinski definition) is 1. The minimum atomic E-state index is -1.05. The zero-order chi connectivity index (χ0) is 16.3. The highest BCUT2D eigenvalue weighted by atomic mass is 35.5. The highest BCUT2D eigenvalue weighted by molar-refractivity contribution is 6.30. The maximum atomic E-state index is 12.2. The Morgan fingerprint density at radius 3 is 2.68 bits per heavy atom. The number of aromatic nitrogens is 4. The summed E-state index contributed by atoms with van der Waals surface area (Å²) in [6.07, 6.45) is 5.50. The number of hydrogen-bond acceptors (Lipinski definition) is 5. The molecule has 0 aliphatic rings. The molecule has 1 N–H and O–H groups in total. The third-order valence-electron chi connectivity index (χ3n) is 3.14. The first-order chi connectivity index (χ1) is 10.3. The molecule has 0 fully saturated rings. The molecule has 10 heteroatoms. The highest BCUT2D eigenvalue weighted by Crippen LogP contribution is 2.18. The number of carbonyl (C=O) groups excluding carboxylic acids is 1. The lowest BCUT2D eigenvalue weighted by Crippen LogP contribution is -2.45. The van der Waals surface area contributed by atoms with Gasteiger partial charge in [-0.2, -0.15) is 10.2 Å². The maximum absolute atomic E-state index is 12.2. The molecule has 0 bridgehead atoms. The molecule has 0 atom stereocenters. The fraction of sp³-hybridized carbons (Fsp3) is 0.417. The molecule has 0 radical (unpaired) electrons. The molecule has 22 heavy (non-hydrogen) atoms. The van der Waals surface area contributed by atoms with Crippen molar-refractivity contribution in [1.29, 1.82) is 0 Å². The molecule has 2 aromatic heterocycles. The molecule has 0 saturated carbocycles. The monoisotopic (exact) mass is 326 g/mol. The normalized spacial score (nSPS) is 11.4. The topological polar surface area (TPSA) is 108 Å². The minimum absolute atomic E-state index is 0.160. The number of nitrogens with one attached hydrogen (secondary N) is 1. The molecular formula is C12H15ClN6O3. The van der Waals surface area contributed by atoms with E-state index in [1.165, 1.54) is 17.1 Å². The summed E-state index contributed by atoms with van der Waals surface area (Å²) in [4.78, 5) is 22.4. The van der Waals surface area contributed by atoms with Gasteiger partial charge >= 0.3 is 5.69 Å². The van der Waals surface area contributed by atoms with Gasteiger partial charge in [-0.1, -0.05) is 11.6 Å². The third-order valence-corrected chi connectivity index (χ3v) is 3.33. The van der Waals surface area contributed by atoms with E-state index in [-0.39, 0.29) is 11.6 Å². The molecule has 2 heterocycles. The van der Waals surface area contributed by atoms with Gasteiger partial charge in [-0.05, 0) is 13.8 Å². The van der Waals surface area contributed by atoms with Gasteiger partial charge in [-0.15, -0.1) is 0 Å². The van der Waals surface area contributed by atoms with E-state index < -0.39 is 10.5 Å². The van der Waals surface area contributed by atoms with Gasteiger partial charge in [-0.25, -0.2) is 0 Å². The summed E-state index contributed by atoms with van der Waals surface area (Å²) in [6.45, 7) is 4.07. The van der Waals surface area contributed by atoms with E-state index >= 15 is 0 Å². The molecule has 0 aromatic carbocycles. The summed E-state index contributed by atoms with van der Waals surface area (Å²) in [5, 5.41) is 21.8.